The molecule has 0 aliphatic heterocycles. The Labute approximate surface area is 80.3 Å². The van der Waals surface area contributed by atoms with Gasteiger partial charge in [0, 0.05) is 17.1 Å². The molecule has 0 spiro atoms. The van der Waals surface area contributed by atoms with E-state index in [1.54, 1.807) is 0 Å². The first-order valence-electron chi connectivity index (χ1n) is 4.67. The van der Waals surface area contributed by atoms with Crippen LogP contribution in [-0.4, -0.2) is 10.5 Å². The SMILES string of the molecule is CC(C)C1CCC(C)(S)CC1=O. The maximum Gasteiger partial charge on any atom is 0.137 e. The summed E-state index contributed by atoms with van der Waals surface area (Å²) in [4.78, 5) is 11.6. The van der Waals surface area contributed by atoms with Crippen LogP contribution in [-0.2, 0) is 4.79 Å². The summed E-state index contributed by atoms with van der Waals surface area (Å²) in [6.07, 6.45) is 2.75. The van der Waals surface area contributed by atoms with Crippen molar-refractivity contribution in [2.45, 2.75) is 44.8 Å². The second kappa shape index (κ2) is 3.41. The fraction of sp³-hybridized carbons (Fsp3) is 0.900. The van der Waals surface area contributed by atoms with Crippen molar-refractivity contribution in [3.05, 3.63) is 0 Å². The Morgan fingerprint density at radius 3 is 2.58 bits per heavy atom. The molecule has 2 atom stereocenters. The Balaban J connectivity index is 2.60. The predicted octanol–water partition coefficient (Wildman–Crippen LogP) is 2.70. The minimum atomic E-state index is -0.0392. The third-order valence-electron chi connectivity index (χ3n) is 2.77. The molecule has 2 unspecified atom stereocenters. The highest BCUT2D eigenvalue weighted by Crippen LogP contribution is 2.36. The zero-order chi connectivity index (χ0) is 9.35. The summed E-state index contributed by atoms with van der Waals surface area (Å²) in [6, 6.07) is 0. The standard InChI is InChI=1S/C10H18OS/c1-7(2)8-4-5-10(3,12)6-9(8)11/h7-8,12H,4-6H2,1-3H3. The van der Waals surface area contributed by atoms with Gasteiger partial charge in [0.1, 0.15) is 5.78 Å². The number of carbonyl (C=O) groups is 1. The molecule has 70 valence electrons. The van der Waals surface area contributed by atoms with Crippen LogP contribution in [0.15, 0.2) is 0 Å². The molecule has 0 amide bonds. The lowest BCUT2D eigenvalue weighted by atomic mass is 9.76. The van der Waals surface area contributed by atoms with Gasteiger partial charge in [-0.1, -0.05) is 20.8 Å². The zero-order valence-electron chi connectivity index (χ0n) is 8.13. The second-order valence-electron chi connectivity index (χ2n) is 4.53. The number of thiol groups is 1. The normalized spacial score (nSPS) is 37.4. The van der Waals surface area contributed by atoms with Gasteiger partial charge in [0.05, 0.1) is 0 Å². The van der Waals surface area contributed by atoms with Crippen LogP contribution in [0.1, 0.15) is 40.0 Å². The van der Waals surface area contributed by atoms with Crippen molar-refractivity contribution in [3.63, 3.8) is 0 Å². The molecule has 0 bridgehead atoms. The second-order valence-corrected chi connectivity index (χ2v) is 5.61. The highest BCUT2D eigenvalue weighted by molar-refractivity contribution is 7.81. The number of hydrogen-bond acceptors (Lipinski definition) is 2. The van der Waals surface area contributed by atoms with Crippen molar-refractivity contribution in [2.24, 2.45) is 11.8 Å². The van der Waals surface area contributed by atoms with E-state index < -0.39 is 0 Å². The van der Waals surface area contributed by atoms with Crippen molar-refractivity contribution in [2.75, 3.05) is 0 Å². The van der Waals surface area contributed by atoms with Gasteiger partial charge in [-0.25, -0.2) is 0 Å². The first-order chi connectivity index (χ1) is 5.42. The maximum atomic E-state index is 11.6. The third-order valence-corrected chi connectivity index (χ3v) is 3.15. The van der Waals surface area contributed by atoms with Crippen molar-refractivity contribution >= 4 is 18.4 Å². The molecule has 1 nitrogen and oxygen atoms in total. The lowest BCUT2D eigenvalue weighted by Crippen LogP contribution is -2.35. The summed E-state index contributed by atoms with van der Waals surface area (Å²) < 4.78 is -0.0392. The maximum absolute atomic E-state index is 11.6. The number of hydrogen-bond donors (Lipinski definition) is 1. The van der Waals surface area contributed by atoms with Gasteiger partial charge in [-0.15, -0.1) is 0 Å². The van der Waals surface area contributed by atoms with Gasteiger partial charge in [0.2, 0.25) is 0 Å². The molecule has 1 saturated carbocycles. The molecule has 1 aliphatic carbocycles. The molecule has 1 fully saturated rings. The molecule has 2 heteroatoms. The quantitative estimate of drug-likeness (QED) is 0.623. The van der Waals surface area contributed by atoms with Crippen molar-refractivity contribution < 1.29 is 4.79 Å². The fourth-order valence-electron chi connectivity index (χ4n) is 1.93. The number of carbonyl (C=O) groups excluding carboxylic acids is 1. The molecule has 1 aliphatic rings. The summed E-state index contributed by atoms with van der Waals surface area (Å²) in [5.41, 5.74) is 0. The number of ketones is 1. The number of rotatable bonds is 1. The van der Waals surface area contributed by atoms with Crippen molar-refractivity contribution in [1.29, 1.82) is 0 Å². The van der Waals surface area contributed by atoms with Crippen LogP contribution in [0.4, 0.5) is 0 Å². The van der Waals surface area contributed by atoms with Crippen LogP contribution in [0.2, 0.25) is 0 Å². The predicted molar refractivity (Wildman–Crippen MR) is 54.6 cm³/mol. The van der Waals surface area contributed by atoms with E-state index in [1.165, 1.54) is 0 Å². The van der Waals surface area contributed by atoms with Crippen molar-refractivity contribution in [1.82, 2.24) is 0 Å². The molecular formula is C10H18OS. The highest BCUT2D eigenvalue weighted by atomic mass is 32.1. The highest BCUT2D eigenvalue weighted by Gasteiger charge is 2.35. The first-order valence-corrected chi connectivity index (χ1v) is 5.12. The summed E-state index contributed by atoms with van der Waals surface area (Å²) in [5.74, 6) is 1.21. The minimum absolute atomic E-state index is 0.0392. The van der Waals surface area contributed by atoms with Crippen LogP contribution >= 0.6 is 12.6 Å². The Hall–Kier alpha value is 0.0200. The molecule has 0 radical (unpaired) electrons. The average Bonchev–Trinajstić information content (AvgIpc) is 1.83. The van der Waals surface area contributed by atoms with E-state index in [-0.39, 0.29) is 4.75 Å². The lowest BCUT2D eigenvalue weighted by molar-refractivity contribution is -0.126. The van der Waals surface area contributed by atoms with Gasteiger partial charge in [-0.2, -0.15) is 12.6 Å². The van der Waals surface area contributed by atoms with Gasteiger partial charge < -0.3 is 0 Å². The van der Waals surface area contributed by atoms with E-state index in [2.05, 4.69) is 33.4 Å². The van der Waals surface area contributed by atoms with Crippen LogP contribution < -0.4 is 0 Å². The molecule has 0 heterocycles. The van der Waals surface area contributed by atoms with Gasteiger partial charge in [-0.3, -0.25) is 4.79 Å². The Kier molecular flexibility index (Phi) is 2.87. The van der Waals surface area contributed by atoms with E-state index in [0.717, 1.165) is 12.8 Å². The minimum Gasteiger partial charge on any atom is -0.299 e. The molecule has 0 N–H and O–H groups in total. The zero-order valence-corrected chi connectivity index (χ0v) is 9.03. The van der Waals surface area contributed by atoms with Gasteiger partial charge >= 0.3 is 0 Å². The fourth-order valence-corrected chi connectivity index (χ4v) is 2.21. The van der Waals surface area contributed by atoms with E-state index in [0.29, 0.717) is 24.0 Å². The Morgan fingerprint density at radius 1 is 1.58 bits per heavy atom. The van der Waals surface area contributed by atoms with Crippen molar-refractivity contribution in [3.8, 4) is 0 Å². The van der Waals surface area contributed by atoms with Gasteiger partial charge in [-0.05, 0) is 18.8 Å². The lowest BCUT2D eigenvalue weighted by Gasteiger charge is -2.33. The topological polar surface area (TPSA) is 17.1 Å². The molecule has 1 rings (SSSR count). The summed E-state index contributed by atoms with van der Waals surface area (Å²) in [5, 5.41) is 0. The van der Waals surface area contributed by atoms with Crippen LogP contribution in [0.5, 0.6) is 0 Å². The largest absolute Gasteiger partial charge is 0.299 e. The van der Waals surface area contributed by atoms with E-state index >= 15 is 0 Å². The summed E-state index contributed by atoms with van der Waals surface area (Å²) in [7, 11) is 0. The smallest absolute Gasteiger partial charge is 0.137 e. The molecule has 12 heavy (non-hydrogen) atoms. The summed E-state index contributed by atoms with van der Waals surface area (Å²) in [6.45, 7) is 6.32. The van der Waals surface area contributed by atoms with E-state index in [1.807, 2.05) is 0 Å². The van der Waals surface area contributed by atoms with Gasteiger partial charge in [0.25, 0.3) is 0 Å². The van der Waals surface area contributed by atoms with Crippen LogP contribution in [0, 0.1) is 11.8 Å². The molecular weight excluding hydrogens is 168 g/mol. The Bertz CT molecular complexity index is 184. The summed E-state index contributed by atoms with van der Waals surface area (Å²) >= 11 is 4.47. The average molecular weight is 186 g/mol. The Morgan fingerprint density at radius 2 is 2.17 bits per heavy atom. The molecule has 0 saturated heterocycles. The molecule has 0 aromatic rings. The monoisotopic (exact) mass is 186 g/mol. The van der Waals surface area contributed by atoms with E-state index in [9.17, 15) is 4.79 Å². The first kappa shape index (κ1) is 10.1. The van der Waals surface area contributed by atoms with Crippen LogP contribution in [0.25, 0.3) is 0 Å². The third kappa shape index (κ3) is 2.25. The molecule has 0 aromatic carbocycles. The van der Waals surface area contributed by atoms with Gasteiger partial charge in [0.15, 0.2) is 0 Å². The van der Waals surface area contributed by atoms with Crippen LogP contribution in [0.3, 0.4) is 0 Å². The van der Waals surface area contributed by atoms with E-state index in [4.69, 9.17) is 0 Å². The number of Topliss-reactive ketones (excluding diaryl/α,β-unsaturated/α-hetero) is 1. The molecule has 0 aromatic heterocycles.